The number of rotatable bonds is 3. The van der Waals surface area contributed by atoms with Gasteiger partial charge in [0.15, 0.2) is 0 Å². The third-order valence-corrected chi connectivity index (χ3v) is 5.15. The first kappa shape index (κ1) is 15.7. The molecule has 0 saturated carbocycles. The van der Waals surface area contributed by atoms with E-state index in [-0.39, 0.29) is 5.91 Å². The van der Waals surface area contributed by atoms with Crippen molar-refractivity contribution in [3.63, 3.8) is 0 Å². The van der Waals surface area contributed by atoms with Gasteiger partial charge in [-0.3, -0.25) is 9.69 Å². The van der Waals surface area contributed by atoms with E-state index in [4.69, 9.17) is 22.7 Å². The lowest BCUT2D eigenvalue weighted by Gasteiger charge is -2.44. The van der Waals surface area contributed by atoms with Gasteiger partial charge >= 0.3 is 0 Å². The molecule has 0 radical (unpaired) electrons. The summed E-state index contributed by atoms with van der Waals surface area (Å²) in [6.07, 6.45) is 2.28. The Labute approximate surface area is 126 Å². The van der Waals surface area contributed by atoms with E-state index in [1.165, 1.54) is 0 Å². The Kier molecular flexibility index (Phi) is 4.99. The fourth-order valence-corrected chi connectivity index (χ4v) is 3.45. The predicted molar refractivity (Wildman–Crippen MR) is 82.6 cm³/mol. The molecule has 2 saturated heterocycles. The van der Waals surface area contributed by atoms with Crippen LogP contribution in [0, 0.1) is 5.41 Å². The second-order valence-corrected chi connectivity index (χ2v) is 6.29. The van der Waals surface area contributed by atoms with Crippen molar-refractivity contribution < 1.29 is 9.53 Å². The van der Waals surface area contributed by atoms with Gasteiger partial charge in [0.1, 0.15) is 5.41 Å². The topological polar surface area (TPSA) is 58.8 Å². The molecule has 0 aromatic rings. The average Bonchev–Trinajstić information content (AvgIpc) is 2.47. The summed E-state index contributed by atoms with van der Waals surface area (Å²) in [6, 6.07) is 0.427. The van der Waals surface area contributed by atoms with Gasteiger partial charge in [-0.2, -0.15) is 0 Å². The lowest BCUT2D eigenvalue weighted by molar-refractivity contribution is -0.145. The molecular weight excluding hydrogens is 274 g/mol. The van der Waals surface area contributed by atoms with E-state index < -0.39 is 5.41 Å². The highest BCUT2D eigenvalue weighted by molar-refractivity contribution is 7.80. The number of nitrogens with zero attached hydrogens (tertiary/aromatic N) is 2. The standard InChI is InChI=1S/C14H25N3O2S/c1-3-11-10-17(7-6-16(11)2)13(18)14(12(15)20)4-8-19-9-5-14/h11H,3-10H2,1-2H3,(H2,15,20). The van der Waals surface area contributed by atoms with Crippen LogP contribution in [0.2, 0.25) is 0 Å². The molecule has 1 amide bonds. The minimum Gasteiger partial charge on any atom is -0.392 e. The van der Waals surface area contributed by atoms with Gasteiger partial charge in [0, 0.05) is 38.9 Å². The van der Waals surface area contributed by atoms with Crippen LogP contribution < -0.4 is 5.73 Å². The summed E-state index contributed by atoms with van der Waals surface area (Å²) < 4.78 is 5.38. The summed E-state index contributed by atoms with van der Waals surface area (Å²) in [5.74, 6) is 0.111. The molecule has 2 aliphatic heterocycles. The fraction of sp³-hybridized carbons (Fsp3) is 0.857. The van der Waals surface area contributed by atoms with Crippen molar-refractivity contribution >= 4 is 23.1 Å². The second kappa shape index (κ2) is 6.37. The summed E-state index contributed by atoms with van der Waals surface area (Å²) >= 11 is 5.22. The largest absolute Gasteiger partial charge is 0.392 e. The molecule has 6 heteroatoms. The van der Waals surface area contributed by atoms with Crippen molar-refractivity contribution in [1.29, 1.82) is 0 Å². The number of amides is 1. The summed E-state index contributed by atoms with van der Waals surface area (Å²) in [7, 11) is 2.12. The minimum atomic E-state index is -0.679. The number of hydrogen-bond acceptors (Lipinski definition) is 4. The maximum absolute atomic E-state index is 13.0. The molecule has 2 rings (SSSR count). The Morgan fingerprint density at radius 2 is 2.05 bits per heavy atom. The zero-order valence-electron chi connectivity index (χ0n) is 12.4. The summed E-state index contributed by atoms with van der Waals surface area (Å²) in [5, 5.41) is 0. The molecule has 114 valence electrons. The first-order chi connectivity index (χ1) is 9.51. The molecule has 0 aliphatic carbocycles. The van der Waals surface area contributed by atoms with Crippen molar-refractivity contribution in [3.8, 4) is 0 Å². The number of piperazine rings is 1. The third-order valence-electron chi connectivity index (χ3n) is 4.76. The van der Waals surface area contributed by atoms with Crippen LogP contribution in [0.1, 0.15) is 26.2 Å². The molecule has 20 heavy (non-hydrogen) atoms. The molecule has 0 aromatic heterocycles. The summed E-state index contributed by atoms with van der Waals surface area (Å²) in [5.41, 5.74) is 5.24. The lowest BCUT2D eigenvalue weighted by Crippen LogP contribution is -2.59. The fourth-order valence-electron chi connectivity index (χ4n) is 3.16. The van der Waals surface area contributed by atoms with Crippen molar-refractivity contribution in [2.75, 3.05) is 39.9 Å². The monoisotopic (exact) mass is 299 g/mol. The number of hydrogen-bond donors (Lipinski definition) is 1. The molecule has 0 bridgehead atoms. The molecule has 1 atom stereocenters. The van der Waals surface area contributed by atoms with E-state index in [1.54, 1.807) is 0 Å². The Morgan fingerprint density at radius 3 is 2.60 bits per heavy atom. The number of carbonyl (C=O) groups excluding carboxylic acids is 1. The molecule has 2 heterocycles. The van der Waals surface area contributed by atoms with Gasteiger partial charge in [-0.05, 0) is 26.3 Å². The van der Waals surface area contributed by atoms with Crippen molar-refractivity contribution in [1.82, 2.24) is 9.80 Å². The van der Waals surface area contributed by atoms with Gasteiger partial charge in [0.2, 0.25) is 5.91 Å². The predicted octanol–water partition coefficient (Wildman–Crippen LogP) is 0.622. The van der Waals surface area contributed by atoms with Gasteiger partial charge in [-0.1, -0.05) is 19.1 Å². The van der Waals surface area contributed by atoms with Gasteiger partial charge in [0.05, 0.1) is 4.99 Å². The highest BCUT2D eigenvalue weighted by atomic mass is 32.1. The van der Waals surface area contributed by atoms with Crippen molar-refractivity contribution in [2.45, 2.75) is 32.2 Å². The molecule has 0 aromatic carbocycles. The zero-order chi connectivity index (χ0) is 14.8. The van der Waals surface area contributed by atoms with E-state index in [2.05, 4.69) is 18.9 Å². The van der Waals surface area contributed by atoms with E-state index in [0.717, 1.165) is 26.1 Å². The summed E-state index contributed by atoms with van der Waals surface area (Å²) in [4.78, 5) is 17.6. The number of thiocarbonyl (C=S) groups is 1. The second-order valence-electron chi connectivity index (χ2n) is 5.85. The van der Waals surface area contributed by atoms with Crippen LogP contribution in [0.25, 0.3) is 0 Å². The third kappa shape index (κ3) is 2.82. The molecular formula is C14H25N3O2S. The number of nitrogens with two attached hydrogens (primary N) is 1. The van der Waals surface area contributed by atoms with Crippen molar-refractivity contribution in [3.05, 3.63) is 0 Å². The molecule has 2 fully saturated rings. The van der Waals surface area contributed by atoms with E-state index in [9.17, 15) is 4.79 Å². The van der Waals surface area contributed by atoms with Crippen LogP contribution in [0.5, 0.6) is 0 Å². The molecule has 2 aliphatic rings. The van der Waals surface area contributed by atoms with E-state index in [0.29, 0.717) is 37.1 Å². The number of likely N-dealkylation sites (N-methyl/N-ethyl adjacent to an activating group) is 1. The molecule has 0 spiro atoms. The van der Waals surface area contributed by atoms with Gasteiger partial charge < -0.3 is 15.4 Å². The number of ether oxygens (including phenoxy) is 1. The van der Waals surface area contributed by atoms with Gasteiger partial charge in [-0.25, -0.2) is 0 Å². The van der Waals surface area contributed by atoms with Crippen LogP contribution >= 0.6 is 12.2 Å². The highest BCUT2D eigenvalue weighted by Gasteiger charge is 2.46. The Morgan fingerprint density at radius 1 is 1.40 bits per heavy atom. The Hall–Kier alpha value is -0.720. The van der Waals surface area contributed by atoms with Crippen LogP contribution in [-0.2, 0) is 9.53 Å². The molecule has 1 unspecified atom stereocenters. The smallest absolute Gasteiger partial charge is 0.235 e. The first-order valence-corrected chi connectivity index (χ1v) is 7.79. The Balaban J connectivity index is 2.14. The maximum atomic E-state index is 13.0. The Bertz CT molecular complexity index is 383. The first-order valence-electron chi connectivity index (χ1n) is 7.38. The van der Waals surface area contributed by atoms with Crippen LogP contribution in [-0.4, -0.2) is 66.6 Å². The van der Waals surface area contributed by atoms with Crippen molar-refractivity contribution in [2.24, 2.45) is 11.1 Å². The summed E-state index contributed by atoms with van der Waals surface area (Å²) in [6.45, 7) is 5.73. The van der Waals surface area contributed by atoms with Gasteiger partial charge in [-0.15, -0.1) is 0 Å². The average molecular weight is 299 g/mol. The van der Waals surface area contributed by atoms with Crippen LogP contribution in [0.4, 0.5) is 0 Å². The SMILES string of the molecule is CCC1CN(C(=O)C2(C(N)=S)CCOCC2)CCN1C. The molecule has 5 nitrogen and oxygen atoms in total. The maximum Gasteiger partial charge on any atom is 0.235 e. The quantitative estimate of drug-likeness (QED) is 0.774. The van der Waals surface area contributed by atoms with Gasteiger partial charge in [0.25, 0.3) is 0 Å². The normalized spacial score (nSPS) is 27.3. The molecule has 2 N–H and O–H groups in total. The van der Waals surface area contributed by atoms with E-state index in [1.807, 2.05) is 4.90 Å². The van der Waals surface area contributed by atoms with Crippen LogP contribution in [0.15, 0.2) is 0 Å². The lowest BCUT2D eigenvalue weighted by atomic mass is 9.78. The van der Waals surface area contributed by atoms with E-state index >= 15 is 0 Å². The highest BCUT2D eigenvalue weighted by Crippen LogP contribution is 2.34. The zero-order valence-corrected chi connectivity index (χ0v) is 13.2. The minimum absolute atomic E-state index is 0.111. The van der Waals surface area contributed by atoms with Crippen LogP contribution in [0.3, 0.4) is 0 Å². The number of carbonyl (C=O) groups is 1.